The molecule has 4 rings (SSSR count). The number of aliphatic imine (C=N–C) groups is 1. The summed E-state index contributed by atoms with van der Waals surface area (Å²) in [6, 6.07) is 16.9. The highest BCUT2D eigenvalue weighted by Crippen LogP contribution is 2.27. The minimum absolute atomic E-state index is 0. The van der Waals surface area contributed by atoms with E-state index in [1.165, 1.54) is 37.1 Å². The molecule has 0 bridgehead atoms. The van der Waals surface area contributed by atoms with E-state index in [9.17, 15) is 4.79 Å². The summed E-state index contributed by atoms with van der Waals surface area (Å²) in [5.41, 5.74) is 4.55. The predicted molar refractivity (Wildman–Crippen MR) is 150 cm³/mol. The maximum Gasteiger partial charge on any atom is 0.227 e. The first-order valence-corrected chi connectivity index (χ1v) is 12.4. The summed E-state index contributed by atoms with van der Waals surface area (Å²) < 4.78 is 0. The van der Waals surface area contributed by atoms with E-state index < -0.39 is 0 Å². The molecule has 184 valence electrons. The summed E-state index contributed by atoms with van der Waals surface area (Å²) in [5, 5.41) is 9.81. The van der Waals surface area contributed by atoms with Gasteiger partial charge in [-0.25, -0.2) is 4.99 Å². The van der Waals surface area contributed by atoms with Crippen molar-refractivity contribution in [2.45, 2.75) is 58.7 Å². The highest BCUT2D eigenvalue weighted by atomic mass is 127. The van der Waals surface area contributed by atoms with Gasteiger partial charge in [0.1, 0.15) is 0 Å². The Bertz CT molecular complexity index is 936. The topological polar surface area (TPSA) is 68.8 Å². The number of nitrogens with zero attached hydrogens (tertiary/aromatic N) is 2. The average molecular weight is 576 g/mol. The van der Waals surface area contributed by atoms with Crippen LogP contribution in [0, 0.1) is 5.92 Å². The number of likely N-dealkylation sites (tertiary alicyclic amines) is 1. The normalized spacial score (nSPS) is 16.4. The molecule has 2 aliphatic rings. The van der Waals surface area contributed by atoms with Crippen LogP contribution in [0.15, 0.2) is 53.5 Å². The third kappa shape index (κ3) is 7.98. The fourth-order valence-corrected chi connectivity index (χ4v) is 4.32. The molecule has 1 aliphatic heterocycles. The Hall–Kier alpha value is -2.13. The largest absolute Gasteiger partial charge is 0.357 e. The van der Waals surface area contributed by atoms with E-state index in [2.05, 4.69) is 52.0 Å². The minimum Gasteiger partial charge on any atom is -0.357 e. The number of hydrogen-bond donors (Lipinski definition) is 3. The maximum absolute atomic E-state index is 12.2. The van der Waals surface area contributed by atoms with Crippen molar-refractivity contribution in [1.82, 2.24) is 15.5 Å². The molecular formula is C27H38IN5O. The second-order valence-corrected chi connectivity index (χ2v) is 9.17. The molecule has 0 unspecified atom stereocenters. The Morgan fingerprint density at radius 3 is 2.38 bits per heavy atom. The van der Waals surface area contributed by atoms with Gasteiger partial charge in [-0.15, -0.1) is 24.0 Å². The zero-order chi connectivity index (χ0) is 22.9. The van der Waals surface area contributed by atoms with Crippen LogP contribution in [-0.4, -0.2) is 36.4 Å². The third-order valence-corrected chi connectivity index (χ3v) is 6.52. The molecule has 6 nitrogen and oxygen atoms in total. The molecule has 0 spiro atoms. The molecule has 0 atom stereocenters. The lowest BCUT2D eigenvalue weighted by molar-refractivity contribution is -0.122. The quantitative estimate of drug-likeness (QED) is 0.226. The van der Waals surface area contributed by atoms with Crippen LogP contribution in [-0.2, 0) is 24.4 Å². The monoisotopic (exact) mass is 575 g/mol. The van der Waals surface area contributed by atoms with Crippen molar-refractivity contribution >= 4 is 41.5 Å². The Morgan fingerprint density at radius 1 is 0.971 bits per heavy atom. The summed E-state index contributed by atoms with van der Waals surface area (Å²) >= 11 is 0. The summed E-state index contributed by atoms with van der Waals surface area (Å²) in [5.74, 6) is 1.12. The predicted octanol–water partition coefficient (Wildman–Crippen LogP) is 4.89. The summed E-state index contributed by atoms with van der Waals surface area (Å²) in [7, 11) is 0. The van der Waals surface area contributed by atoms with E-state index in [1.807, 2.05) is 24.3 Å². The van der Waals surface area contributed by atoms with Gasteiger partial charge in [-0.1, -0.05) is 42.8 Å². The summed E-state index contributed by atoms with van der Waals surface area (Å²) in [6.45, 7) is 7.66. The smallest absolute Gasteiger partial charge is 0.227 e. The van der Waals surface area contributed by atoms with Crippen molar-refractivity contribution in [3.8, 4) is 0 Å². The second kappa shape index (κ2) is 13.7. The molecule has 1 saturated carbocycles. The Labute approximate surface area is 221 Å². The minimum atomic E-state index is 0. The molecule has 2 fully saturated rings. The zero-order valence-corrected chi connectivity index (χ0v) is 22.5. The van der Waals surface area contributed by atoms with Gasteiger partial charge in [-0.05, 0) is 74.5 Å². The number of nitrogens with one attached hydrogen (secondary N) is 3. The Balaban J connectivity index is 0.00000324. The molecule has 1 amide bonds. The van der Waals surface area contributed by atoms with Crippen LogP contribution in [0.4, 0.5) is 5.69 Å². The molecule has 7 heteroatoms. The number of carbonyl (C=O) groups is 1. The molecule has 1 saturated heterocycles. The molecule has 2 aromatic rings. The molecule has 34 heavy (non-hydrogen) atoms. The lowest BCUT2D eigenvalue weighted by atomic mass is 9.85. The third-order valence-electron chi connectivity index (χ3n) is 6.52. The fraction of sp³-hybridized carbons (Fsp3) is 0.481. The molecule has 0 radical (unpaired) electrons. The first-order valence-electron chi connectivity index (χ1n) is 12.4. The highest BCUT2D eigenvalue weighted by Gasteiger charge is 2.25. The molecule has 3 N–H and O–H groups in total. The van der Waals surface area contributed by atoms with Crippen molar-refractivity contribution < 1.29 is 4.79 Å². The van der Waals surface area contributed by atoms with Gasteiger partial charge in [-0.2, -0.15) is 0 Å². The first kappa shape index (κ1) is 26.5. The van der Waals surface area contributed by atoms with Crippen LogP contribution in [0.2, 0.25) is 0 Å². The number of rotatable bonds is 9. The SMILES string of the molecule is CCNC(=NCc1cccc(NC(=O)C2CCC2)c1)NCc1ccc(CN2CCCC2)cc1.I. The van der Waals surface area contributed by atoms with Crippen LogP contribution in [0.5, 0.6) is 0 Å². The van der Waals surface area contributed by atoms with Crippen LogP contribution in [0.3, 0.4) is 0 Å². The number of halogens is 1. The van der Waals surface area contributed by atoms with Gasteiger partial charge in [0.2, 0.25) is 5.91 Å². The molecule has 0 aromatic heterocycles. The van der Waals surface area contributed by atoms with Crippen LogP contribution < -0.4 is 16.0 Å². The second-order valence-electron chi connectivity index (χ2n) is 9.17. The van der Waals surface area contributed by atoms with E-state index >= 15 is 0 Å². The van der Waals surface area contributed by atoms with Crippen LogP contribution in [0.1, 0.15) is 55.7 Å². The number of hydrogen-bond acceptors (Lipinski definition) is 3. The van der Waals surface area contributed by atoms with Gasteiger partial charge < -0.3 is 16.0 Å². The van der Waals surface area contributed by atoms with Gasteiger partial charge in [0.25, 0.3) is 0 Å². The average Bonchev–Trinajstić information content (AvgIpc) is 3.29. The van der Waals surface area contributed by atoms with Crippen molar-refractivity contribution in [3.05, 3.63) is 65.2 Å². The zero-order valence-electron chi connectivity index (χ0n) is 20.2. The molecule has 1 heterocycles. The van der Waals surface area contributed by atoms with Gasteiger partial charge in [-0.3, -0.25) is 9.69 Å². The van der Waals surface area contributed by atoms with Gasteiger partial charge in [0.05, 0.1) is 6.54 Å². The summed E-state index contributed by atoms with van der Waals surface area (Å²) in [6.07, 6.45) is 5.83. The number of anilines is 1. The van der Waals surface area contributed by atoms with Crippen molar-refractivity contribution in [2.75, 3.05) is 25.0 Å². The van der Waals surface area contributed by atoms with Gasteiger partial charge >= 0.3 is 0 Å². The Morgan fingerprint density at radius 2 is 1.71 bits per heavy atom. The molecule has 1 aliphatic carbocycles. The van der Waals surface area contributed by atoms with E-state index in [0.29, 0.717) is 6.54 Å². The van der Waals surface area contributed by atoms with E-state index in [1.54, 1.807) is 0 Å². The first-order chi connectivity index (χ1) is 16.2. The fourth-order valence-electron chi connectivity index (χ4n) is 4.32. The lowest BCUT2D eigenvalue weighted by Crippen LogP contribution is -2.36. The number of amides is 1. The summed E-state index contributed by atoms with van der Waals surface area (Å²) in [4.78, 5) is 19.5. The van der Waals surface area contributed by atoms with Crippen molar-refractivity contribution in [2.24, 2.45) is 10.9 Å². The van der Waals surface area contributed by atoms with Crippen LogP contribution in [0.25, 0.3) is 0 Å². The Kier molecular flexibility index (Phi) is 10.7. The van der Waals surface area contributed by atoms with E-state index in [0.717, 1.165) is 56.1 Å². The molecular weight excluding hydrogens is 537 g/mol. The standard InChI is InChI=1S/C27H37N5O.HI/c1-2-28-27(29-18-21-11-13-22(14-12-21)20-32-15-3-4-16-32)30-19-23-7-5-10-25(17-23)31-26(33)24-8-6-9-24;/h5,7,10-14,17,24H,2-4,6,8-9,15-16,18-20H2,1H3,(H,31,33)(H2,28,29,30);1H. The van der Waals surface area contributed by atoms with Gasteiger partial charge in [0, 0.05) is 31.2 Å². The lowest BCUT2D eigenvalue weighted by Gasteiger charge is -2.24. The van der Waals surface area contributed by atoms with Gasteiger partial charge in [0.15, 0.2) is 5.96 Å². The van der Waals surface area contributed by atoms with Crippen LogP contribution >= 0.6 is 24.0 Å². The number of guanidine groups is 1. The van der Waals surface area contributed by atoms with E-state index in [4.69, 9.17) is 4.99 Å². The van der Waals surface area contributed by atoms with Crippen molar-refractivity contribution in [3.63, 3.8) is 0 Å². The number of carbonyl (C=O) groups excluding carboxylic acids is 1. The maximum atomic E-state index is 12.2. The highest BCUT2D eigenvalue weighted by molar-refractivity contribution is 14.0. The molecule has 2 aromatic carbocycles. The van der Waals surface area contributed by atoms with Crippen molar-refractivity contribution in [1.29, 1.82) is 0 Å². The number of benzene rings is 2. The van der Waals surface area contributed by atoms with E-state index in [-0.39, 0.29) is 35.8 Å².